The summed E-state index contributed by atoms with van der Waals surface area (Å²) in [6, 6.07) is 5.16. The zero-order chi connectivity index (χ0) is 15.3. The van der Waals surface area contributed by atoms with Crippen LogP contribution in [0.2, 0.25) is 0 Å². The fourth-order valence-corrected chi connectivity index (χ4v) is 3.10. The van der Waals surface area contributed by atoms with Crippen LogP contribution in [-0.4, -0.2) is 11.8 Å². The van der Waals surface area contributed by atoms with Crippen molar-refractivity contribution >= 4 is 11.8 Å². The van der Waals surface area contributed by atoms with E-state index in [0.29, 0.717) is 23.0 Å². The normalized spacial score (nSPS) is 15.4. The van der Waals surface area contributed by atoms with Gasteiger partial charge in [0.15, 0.2) is 0 Å². The van der Waals surface area contributed by atoms with Crippen molar-refractivity contribution in [3.05, 3.63) is 29.3 Å². The Morgan fingerprint density at radius 1 is 1.24 bits per heavy atom. The molecule has 1 aliphatic rings. The molecular formula is C16H22F3NS. The van der Waals surface area contributed by atoms with Crippen LogP contribution in [0.25, 0.3) is 0 Å². The molecule has 2 rings (SSSR count). The highest BCUT2D eigenvalue weighted by Gasteiger charge is 2.34. The van der Waals surface area contributed by atoms with E-state index >= 15 is 0 Å². The summed E-state index contributed by atoms with van der Waals surface area (Å²) in [7, 11) is 0. The number of alkyl halides is 3. The van der Waals surface area contributed by atoms with Crippen LogP contribution in [0.15, 0.2) is 23.1 Å². The summed E-state index contributed by atoms with van der Waals surface area (Å²) in [6.45, 7) is 2.42. The fraction of sp³-hybridized carbons (Fsp3) is 0.625. The van der Waals surface area contributed by atoms with E-state index in [-0.39, 0.29) is 0 Å². The lowest BCUT2D eigenvalue weighted by Crippen LogP contribution is -2.19. The van der Waals surface area contributed by atoms with E-state index in [9.17, 15) is 13.2 Å². The molecule has 0 amide bonds. The molecule has 0 radical (unpaired) electrons. The molecule has 5 heteroatoms. The SMILES string of the molecule is CCCCCSc1ccc(CNC2CC2)c(C(F)(F)F)c1. The average molecular weight is 317 g/mol. The number of hydrogen-bond acceptors (Lipinski definition) is 2. The van der Waals surface area contributed by atoms with Crippen LogP contribution < -0.4 is 5.32 Å². The molecule has 0 unspecified atom stereocenters. The lowest BCUT2D eigenvalue weighted by molar-refractivity contribution is -0.138. The van der Waals surface area contributed by atoms with Crippen LogP contribution in [0.4, 0.5) is 13.2 Å². The highest BCUT2D eigenvalue weighted by atomic mass is 32.2. The Hall–Kier alpha value is -0.680. The first-order valence-corrected chi connectivity index (χ1v) is 8.55. The molecular weight excluding hydrogens is 295 g/mol. The van der Waals surface area contributed by atoms with Gasteiger partial charge in [0.2, 0.25) is 0 Å². The van der Waals surface area contributed by atoms with Gasteiger partial charge in [0.25, 0.3) is 0 Å². The van der Waals surface area contributed by atoms with Crippen LogP contribution in [0, 0.1) is 0 Å². The fourth-order valence-electron chi connectivity index (χ4n) is 2.15. The first-order chi connectivity index (χ1) is 10.0. The van der Waals surface area contributed by atoms with E-state index in [2.05, 4.69) is 12.2 Å². The Morgan fingerprint density at radius 2 is 2.00 bits per heavy atom. The van der Waals surface area contributed by atoms with E-state index in [0.717, 1.165) is 37.9 Å². The quantitative estimate of drug-likeness (QED) is 0.520. The van der Waals surface area contributed by atoms with Crippen molar-refractivity contribution in [1.82, 2.24) is 5.32 Å². The number of benzene rings is 1. The number of halogens is 3. The second kappa shape index (κ2) is 7.54. The van der Waals surface area contributed by atoms with E-state index in [1.54, 1.807) is 6.07 Å². The van der Waals surface area contributed by atoms with Crippen molar-refractivity contribution in [1.29, 1.82) is 0 Å². The summed E-state index contributed by atoms with van der Waals surface area (Å²) < 4.78 is 39.5. The van der Waals surface area contributed by atoms with E-state index in [1.807, 2.05) is 6.07 Å². The van der Waals surface area contributed by atoms with E-state index in [4.69, 9.17) is 0 Å². The molecule has 21 heavy (non-hydrogen) atoms. The largest absolute Gasteiger partial charge is 0.416 e. The summed E-state index contributed by atoms with van der Waals surface area (Å²) in [6.07, 6.45) is 1.18. The van der Waals surface area contributed by atoms with Gasteiger partial charge in [-0.15, -0.1) is 11.8 Å². The second-order valence-corrected chi connectivity index (χ2v) is 6.70. The zero-order valence-electron chi connectivity index (χ0n) is 12.3. The van der Waals surface area contributed by atoms with Gasteiger partial charge in [0.1, 0.15) is 0 Å². The number of hydrogen-bond donors (Lipinski definition) is 1. The minimum absolute atomic E-state index is 0.306. The van der Waals surface area contributed by atoms with E-state index in [1.165, 1.54) is 17.8 Å². The van der Waals surface area contributed by atoms with Crippen molar-refractivity contribution in [2.24, 2.45) is 0 Å². The zero-order valence-corrected chi connectivity index (χ0v) is 13.1. The molecule has 118 valence electrons. The molecule has 1 nitrogen and oxygen atoms in total. The van der Waals surface area contributed by atoms with Crippen LogP contribution in [0.5, 0.6) is 0 Å². The smallest absolute Gasteiger partial charge is 0.310 e. The van der Waals surface area contributed by atoms with Crippen molar-refractivity contribution in [3.63, 3.8) is 0 Å². The Kier molecular flexibility index (Phi) is 5.99. The van der Waals surface area contributed by atoms with Crippen molar-refractivity contribution in [3.8, 4) is 0 Å². The third-order valence-electron chi connectivity index (χ3n) is 3.56. The van der Waals surface area contributed by atoms with Crippen LogP contribution in [0.1, 0.15) is 50.2 Å². The highest BCUT2D eigenvalue weighted by molar-refractivity contribution is 7.99. The van der Waals surface area contributed by atoms with Crippen LogP contribution in [0.3, 0.4) is 0 Å². The predicted octanol–water partition coefficient (Wildman–Crippen LogP) is 5.24. The highest BCUT2D eigenvalue weighted by Crippen LogP contribution is 2.35. The Bertz CT molecular complexity index is 455. The van der Waals surface area contributed by atoms with Gasteiger partial charge >= 0.3 is 6.18 Å². The molecule has 0 heterocycles. The monoisotopic (exact) mass is 317 g/mol. The molecule has 1 aliphatic carbocycles. The molecule has 1 fully saturated rings. The lowest BCUT2D eigenvalue weighted by atomic mass is 10.1. The van der Waals surface area contributed by atoms with Gasteiger partial charge < -0.3 is 5.32 Å². The number of thioether (sulfide) groups is 1. The van der Waals surface area contributed by atoms with Gasteiger partial charge in [0.05, 0.1) is 5.56 Å². The van der Waals surface area contributed by atoms with Gasteiger partial charge in [-0.2, -0.15) is 13.2 Å². The van der Waals surface area contributed by atoms with Gasteiger partial charge in [-0.05, 0) is 42.7 Å². The van der Waals surface area contributed by atoms with Crippen molar-refractivity contribution < 1.29 is 13.2 Å². The summed E-state index contributed by atoms with van der Waals surface area (Å²) in [5, 5.41) is 3.16. The maximum atomic E-state index is 13.2. The molecule has 0 aliphatic heterocycles. The summed E-state index contributed by atoms with van der Waals surface area (Å²) in [5.41, 5.74) is -0.136. The number of unbranched alkanes of at least 4 members (excludes halogenated alkanes) is 2. The van der Waals surface area contributed by atoms with Crippen molar-refractivity contribution in [2.75, 3.05) is 5.75 Å². The predicted molar refractivity (Wildman–Crippen MR) is 81.6 cm³/mol. The van der Waals surface area contributed by atoms with Gasteiger partial charge in [-0.25, -0.2) is 0 Å². The third-order valence-corrected chi connectivity index (χ3v) is 4.64. The molecule has 1 aromatic rings. The minimum atomic E-state index is -4.28. The number of nitrogens with one attached hydrogen (secondary N) is 1. The van der Waals surface area contributed by atoms with Gasteiger partial charge in [0, 0.05) is 17.5 Å². The molecule has 0 atom stereocenters. The Labute approximate surface area is 128 Å². The topological polar surface area (TPSA) is 12.0 Å². The molecule has 0 aromatic heterocycles. The first-order valence-electron chi connectivity index (χ1n) is 7.57. The maximum Gasteiger partial charge on any atom is 0.416 e. The summed E-state index contributed by atoms with van der Waals surface area (Å²) >= 11 is 1.52. The molecule has 0 bridgehead atoms. The van der Waals surface area contributed by atoms with Crippen LogP contribution >= 0.6 is 11.8 Å². The number of rotatable bonds is 8. The van der Waals surface area contributed by atoms with Gasteiger partial charge in [-0.3, -0.25) is 0 Å². The molecule has 0 spiro atoms. The molecule has 1 aromatic carbocycles. The first kappa shape index (κ1) is 16.7. The van der Waals surface area contributed by atoms with E-state index < -0.39 is 11.7 Å². The Morgan fingerprint density at radius 3 is 2.62 bits per heavy atom. The minimum Gasteiger partial charge on any atom is -0.310 e. The van der Waals surface area contributed by atoms with Crippen molar-refractivity contribution in [2.45, 2.75) is 62.7 Å². The molecule has 1 N–H and O–H groups in total. The maximum absolute atomic E-state index is 13.2. The third kappa shape index (κ3) is 5.55. The second-order valence-electron chi connectivity index (χ2n) is 5.53. The lowest BCUT2D eigenvalue weighted by Gasteiger charge is -2.15. The molecule has 0 saturated heterocycles. The standard InChI is InChI=1S/C16H22F3NS/c1-2-3-4-9-21-14-8-5-12(11-20-13-6-7-13)15(10-14)16(17,18)19/h5,8,10,13,20H,2-4,6-7,9,11H2,1H3. The summed E-state index contributed by atoms with van der Waals surface area (Å²) in [5.74, 6) is 0.880. The van der Waals surface area contributed by atoms with Gasteiger partial charge in [-0.1, -0.05) is 25.8 Å². The van der Waals surface area contributed by atoms with Crippen LogP contribution in [-0.2, 0) is 12.7 Å². The molecule has 1 saturated carbocycles. The summed E-state index contributed by atoms with van der Waals surface area (Å²) in [4.78, 5) is 0.716. The average Bonchev–Trinajstić information content (AvgIpc) is 3.25. The Balaban J connectivity index is 2.02.